The van der Waals surface area contributed by atoms with Gasteiger partial charge < -0.3 is 0 Å². The molecule has 20 heavy (non-hydrogen) atoms. The number of hydrogen-bond donors (Lipinski definition) is 1. The number of rotatable bonds is 4. The highest BCUT2D eigenvalue weighted by Crippen LogP contribution is 2.30. The summed E-state index contributed by atoms with van der Waals surface area (Å²) < 4.78 is 26.3. The second kappa shape index (κ2) is 4.90. The van der Waals surface area contributed by atoms with E-state index in [2.05, 4.69) is 9.71 Å². The summed E-state index contributed by atoms with van der Waals surface area (Å²) in [6.45, 7) is 2.03. The summed E-state index contributed by atoms with van der Waals surface area (Å²) in [5, 5.41) is -0.206. The predicted octanol–water partition coefficient (Wildman–Crippen LogP) is 2.96. The molecule has 0 saturated heterocycles. The van der Waals surface area contributed by atoms with Crippen molar-refractivity contribution in [3.8, 4) is 11.1 Å². The van der Waals surface area contributed by atoms with Gasteiger partial charge in [-0.05, 0) is 49.1 Å². The van der Waals surface area contributed by atoms with Gasteiger partial charge in [0.25, 0.3) is 0 Å². The van der Waals surface area contributed by atoms with E-state index in [4.69, 9.17) is 0 Å². The molecule has 3 rings (SSSR count). The molecule has 0 aliphatic heterocycles. The third-order valence-electron chi connectivity index (χ3n) is 3.46. The van der Waals surface area contributed by atoms with Gasteiger partial charge in [0.05, 0.1) is 5.25 Å². The molecule has 0 atom stereocenters. The van der Waals surface area contributed by atoms with Crippen LogP contribution in [0.2, 0.25) is 0 Å². The van der Waals surface area contributed by atoms with E-state index >= 15 is 0 Å². The fourth-order valence-electron chi connectivity index (χ4n) is 2.11. The van der Waals surface area contributed by atoms with Gasteiger partial charge in [0.15, 0.2) is 0 Å². The van der Waals surface area contributed by atoms with Gasteiger partial charge in [-0.25, -0.2) is 8.42 Å². The minimum Gasteiger partial charge on any atom is -0.283 e. The molecule has 1 N–H and O–H groups in total. The van der Waals surface area contributed by atoms with Crippen LogP contribution in [0.4, 0.5) is 5.69 Å². The van der Waals surface area contributed by atoms with E-state index in [-0.39, 0.29) is 5.25 Å². The molecule has 1 saturated carbocycles. The van der Waals surface area contributed by atoms with Crippen molar-refractivity contribution in [2.45, 2.75) is 25.0 Å². The van der Waals surface area contributed by atoms with Gasteiger partial charge in [0, 0.05) is 23.6 Å². The van der Waals surface area contributed by atoms with Gasteiger partial charge in [0.1, 0.15) is 0 Å². The Morgan fingerprint density at radius 3 is 2.45 bits per heavy atom. The molecule has 1 aliphatic carbocycles. The first-order chi connectivity index (χ1) is 9.56. The minimum atomic E-state index is -3.19. The van der Waals surface area contributed by atoms with E-state index < -0.39 is 10.0 Å². The first-order valence-electron chi connectivity index (χ1n) is 6.59. The smallest absolute Gasteiger partial charge is 0.235 e. The average molecular weight is 288 g/mol. The third-order valence-corrected chi connectivity index (χ3v) is 5.33. The Bertz CT molecular complexity index is 720. The lowest BCUT2D eigenvalue weighted by atomic mass is 10.0. The lowest BCUT2D eigenvalue weighted by Gasteiger charge is -2.09. The van der Waals surface area contributed by atoms with Crippen LogP contribution in [-0.2, 0) is 10.0 Å². The first kappa shape index (κ1) is 13.1. The van der Waals surface area contributed by atoms with Crippen LogP contribution < -0.4 is 4.72 Å². The Labute approximate surface area is 118 Å². The SMILES string of the molecule is Cc1ccncc1-c1ccc(NS(=O)(=O)C2CC2)cc1. The van der Waals surface area contributed by atoms with Gasteiger partial charge in [0.2, 0.25) is 10.0 Å². The summed E-state index contributed by atoms with van der Waals surface area (Å²) >= 11 is 0. The quantitative estimate of drug-likeness (QED) is 0.941. The molecule has 0 spiro atoms. The number of aryl methyl sites for hydroxylation is 1. The van der Waals surface area contributed by atoms with Gasteiger partial charge in [-0.1, -0.05) is 12.1 Å². The van der Waals surface area contributed by atoms with Crippen LogP contribution in [0.25, 0.3) is 11.1 Å². The zero-order valence-electron chi connectivity index (χ0n) is 11.2. The highest BCUT2D eigenvalue weighted by atomic mass is 32.2. The number of sulfonamides is 1. The Kier molecular flexibility index (Phi) is 3.22. The van der Waals surface area contributed by atoms with Crippen LogP contribution in [0, 0.1) is 6.92 Å². The van der Waals surface area contributed by atoms with Gasteiger partial charge in [-0.15, -0.1) is 0 Å². The van der Waals surface area contributed by atoms with Crippen molar-refractivity contribution >= 4 is 15.7 Å². The molecule has 104 valence electrons. The standard InChI is InChI=1S/C15H16N2O2S/c1-11-8-9-16-10-15(11)12-2-4-13(5-3-12)17-20(18,19)14-6-7-14/h2-5,8-10,14,17H,6-7H2,1H3. The van der Waals surface area contributed by atoms with Gasteiger partial charge in [-0.3, -0.25) is 9.71 Å². The number of aromatic nitrogens is 1. The third kappa shape index (κ3) is 2.67. The second-order valence-electron chi connectivity index (χ2n) is 5.11. The average Bonchev–Trinajstić information content (AvgIpc) is 3.25. The van der Waals surface area contributed by atoms with Crippen molar-refractivity contribution in [1.82, 2.24) is 4.98 Å². The van der Waals surface area contributed by atoms with Crippen LogP contribution in [-0.4, -0.2) is 18.7 Å². The van der Waals surface area contributed by atoms with Crippen LogP contribution in [0.15, 0.2) is 42.7 Å². The van der Waals surface area contributed by atoms with Crippen LogP contribution >= 0.6 is 0 Å². The maximum atomic E-state index is 11.9. The Morgan fingerprint density at radius 2 is 1.85 bits per heavy atom. The highest BCUT2D eigenvalue weighted by Gasteiger charge is 2.35. The number of benzene rings is 1. The van der Waals surface area contributed by atoms with Crippen molar-refractivity contribution < 1.29 is 8.42 Å². The van der Waals surface area contributed by atoms with Gasteiger partial charge in [-0.2, -0.15) is 0 Å². The molecule has 1 aromatic carbocycles. The van der Waals surface area contributed by atoms with E-state index in [1.807, 2.05) is 31.3 Å². The van der Waals surface area contributed by atoms with E-state index in [0.717, 1.165) is 29.5 Å². The number of nitrogens with one attached hydrogen (secondary N) is 1. The van der Waals surface area contributed by atoms with Crippen LogP contribution in [0.5, 0.6) is 0 Å². The van der Waals surface area contributed by atoms with Crippen molar-refractivity contribution in [2.75, 3.05) is 4.72 Å². The first-order valence-corrected chi connectivity index (χ1v) is 8.13. The molecule has 1 aromatic heterocycles. The zero-order valence-corrected chi connectivity index (χ0v) is 12.0. The summed E-state index contributed by atoms with van der Waals surface area (Å²) in [4.78, 5) is 4.12. The van der Waals surface area contributed by atoms with E-state index in [0.29, 0.717) is 5.69 Å². The summed E-state index contributed by atoms with van der Waals surface area (Å²) in [5.74, 6) is 0. The van der Waals surface area contributed by atoms with Crippen LogP contribution in [0.1, 0.15) is 18.4 Å². The van der Waals surface area contributed by atoms with Crippen LogP contribution in [0.3, 0.4) is 0 Å². The molecular formula is C15H16N2O2S. The van der Waals surface area contributed by atoms with E-state index in [9.17, 15) is 8.42 Å². The number of pyridine rings is 1. The Hall–Kier alpha value is -1.88. The van der Waals surface area contributed by atoms with Gasteiger partial charge >= 0.3 is 0 Å². The molecule has 0 unspecified atom stereocenters. The molecule has 0 radical (unpaired) electrons. The molecule has 1 heterocycles. The molecular weight excluding hydrogens is 272 g/mol. The molecule has 0 bridgehead atoms. The highest BCUT2D eigenvalue weighted by molar-refractivity contribution is 7.93. The summed E-state index contributed by atoms with van der Waals surface area (Å²) in [6.07, 6.45) is 5.11. The minimum absolute atomic E-state index is 0.206. The van der Waals surface area contributed by atoms with Crippen molar-refractivity contribution in [3.05, 3.63) is 48.3 Å². The molecule has 5 heteroatoms. The maximum absolute atomic E-state index is 11.9. The number of hydrogen-bond acceptors (Lipinski definition) is 3. The Morgan fingerprint density at radius 1 is 1.15 bits per heavy atom. The number of anilines is 1. The topological polar surface area (TPSA) is 59.1 Å². The maximum Gasteiger partial charge on any atom is 0.235 e. The molecule has 2 aromatic rings. The fourth-order valence-corrected chi connectivity index (χ4v) is 3.50. The molecule has 4 nitrogen and oxygen atoms in total. The Balaban J connectivity index is 1.83. The molecule has 1 fully saturated rings. The predicted molar refractivity (Wildman–Crippen MR) is 80.0 cm³/mol. The lowest BCUT2D eigenvalue weighted by Crippen LogP contribution is -2.17. The van der Waals surface area contributed by atoms with E-state index in [1.54, 1.807) is 18.3 Å². The van der Waals surface area contributed by atoms with Crippen molar-refractivity contribution in [1.29, 1.82) is 0 Å². The summed E-state index contributed by atoms with van der Waals surface area (Å²) in [7, 11) is -3.19. The summed E-state index contributed by atoms with van der Waals surface area (Å²) in [6, 6.07) is 9.37. The second-order valence-corrected chi connectivity index (χ2v) is 7.08. The largest absolute Gasteiger partial charge is 0.283 e. The lowest BCUT2D eigenvalue weighted by molar-refractivity contribution is 0.600. The van der Waals surface area contributed by atoms with E-state index in [1.165, 1.54) is 0 Å². The normalized spacial score (nSPS) is 15.1. The zero-order chi connectivity index (χ0) is 14.2. The monoisotopic (exact) mass is 288 g/mol. The van der Waals surface area contributed by atoms with Crippen molar-refractivity contribution in [3.63, 3.8) is 0 Å². The molecule has 1 aliphatic rings. The number of nitrogens with zero attached hydrogens (tertiary/aromatic N) is 1. The molecule has 0 amide bonds. The summed E-state index contributed by atoms with van der Waals surface area (Å²) in [5.41, 5.74) is 3.85. The fraction of sp³-hybridized carbons (Fsp3) is 0.267. The van der Waals surface area contributed by atoms with Crippen molar-refractivity contribution in [2.24, 2.45) is 0 Å².